The molecule has 0 atom stereocenters. The summed E-state index contributed by atoms with van der Waals surface area (Å²) in [6.45, 7) is 0. The molecule has 0 fully saturated rings. The van der Waals surface area contributed by atoms with Crippen molar-refractivity contribution in [2.45, 2.75) is 0 Å². The van der Waals surface area contributed by atoms with Gasteiger partial charge in [0.15, 0.2) is 5.65 Å². The Hall–Kier alpha value is -2.77. The fraction of sp³-hybridized carbons (Fsp3) is 0. The molecule has 2 aromatic heterocycles. The van der Waals surface area contributed by atoms with Crippen LogP contribution in [0.3, 0.4) is 0 Å². The lowest BCUT2D eigenvalue weighted by atomic mass is 10.3. The van der Waals surface area contributed by atoms with Gasteiger partial charge in [0.1, 0.15) is 23.1 Å². The minimum atomic E-state index is -0.728. The molecule has 2 heterocycles. The van der Waals surface area contributed by atoms with E-state index in [4.69, 9.17) is 5.73 Å². The number of aromatic amines is 1. The predicted octanol–water partition coefficient (Wildman–Crippen LogP) is 1.96. The molecule has 19 heavy (non-hydrogen) atoms. The van der Waals surface area contributed by atoms with E-state index in [2.05, 4.69) is 25.5 Å². The van der Waals surface area contributed by atoms with Crippen LogP contribution in [0.2, 0.25) is 0 Å². The van der Waals surface area contributed by atoms with Gasteiger partial charge >= 0.3 is 0 Å². The molecule has 4 N–H and O–H groups in total. The van der Waals surface area contributed by atoms with Gasteiger partial charge in [0.2, 0.25) is 5.95 Å². The molecule has 0 saturated carbocycles. The molecule has 0 unspecified atom stereocenters. The Morgan fingerprint density at radius 1 is 1.16 bits per heavy atom. The Bertz CT molecular complexity index is 734. The third kappa shape index (κ3) is 1.92. The SMILES string of the molecule is Nc1nc(Nc2c(F)cccc2F)c2cn[nH]c2n1. The van der Waals surface area contributed by atoms with Gasteiger partial charge in [-0.3, -0.25) is 5.10 Å². The van der Waals surface area contributed by atoms with Crippen molar-refractivity contribution in [3.8, 4) is 0 Å². The largest absolute Gasteiger partial charge is 0.368 e. The van der Waals surface area contributed by atoms with E-state index in [1.165, 1.54) is 12.3 Å². The summed E-state index contributed by atoms with van der Waals surface area (Å²) in [5.41, 5.74) is 5.59. The van der Waals surface area contributed by atoms with E-state index in [0.29, 0.717) is 11.0 Å². The molecular weight excluding hydrogens is 254 g/mol. The highest BCUT2D eigenvalue weighted by Gasteiger charge is 2.13. The Morgan fingerprint density at radius 3 is 2.63 bits per heavy atom. The first-order valence-corrected chi connectivity index (χ1v) is 5.33. The fourth-order valence-electron chi connectivity index (χ4n) is 1.68. The van der Waals surface area contributed by atoms with Crippen molar-refractivity contribution < 1.29 is 8.78 Å². The van der Waals surface area contributed by atoms with Crippen molar-refractivity contribution >= 4 is 28.5 Å². The molecule has 0 saturated heterocycles. The van der Waals surface area contributed by atoms with Gasteiger partial charge in [0.25, 0.3) is 0 Å². The van der Waals surface area contributed by atoms with Crippen molar-refractivity contribution in [1.29, 1.82) is 0 Å². The van der Waals surface area contributed by atoms with Gasteiger partial charge in [-0.15, -0.1) is 0 Å². The van der Waals surface area contributed by atoms with Gasteiger partial charge in [0.05, 0.1) is 11.6 Å². The minimum absolute atomic E-state index is 0.0315. The van der Waals surface area contributed by atoms with Gasteiger partial charge in [-0.2, -0.15) is 15.1 Å². The second-order valence-electron chi connectivity index (χ2n) is 3.78. The molecule has 96 valence electrons. The molecule has 6 nitrogen and oxygen atoms in total. The highest BCUT2D eigenvalue weighted by molar-refractivity contribution is 5.88. The van der Waals surface area contributed by atoms with E-state index in [9.17, 15) is 8.78 Å². The smallest absolute Gasteiger partial charge is 0.224 e. The highest BCUT2D eigenvalue weighted by atomic mass is 19.1. The number of rotatable bonds is 2. The second-order valence-corrected chi connectivity index (χ2v) is 3.78. The number of benzene rings is 1. The van der Waals surface area contributed by atoms with Crippen LogP contribution in [0.4, 0.5) is 26.2 Å². The third-order valence-electron chi connectivity index (χ3n) is 2.53. The molecule has 0 radical (unpaired) electrons. The van der Waals surface area contributed by atoms with Gasteiger partial charge in [-0.05, 0) is 12.1 Å². The van der Waals surface area contributed by atoms with Crippen molar-refractivity contribution in [2.75, 3.05) is 11.1 Å². The monoisotopic (exact) mass is 262 g/mol. The Balaban J connectivity index is 2.13. The molecule has 1 aromatic carbocycles. The Morgan fingerprint density at radius 2 is 1.89 bits per heavy atom. The number of nitrogens with zero attached hydrogens (tertiary/aromatic N) is 3. The van der Waals surface area contributed by atoms with Crippen molar-refractivity contribution in [3.05, 3.63) is 36.0 Å². The maximum absolute atomic E-state index is 13.6. The van der Waals surface area contributed by atoms with E-state index < -0.39 is 11.6 Å². The van der Waals surface area contributed by atoms with Gasteiger partial charge < -0.3 is 11.1 Å². The lowest BCUT2D eigenvalue weighted by molar-refractivity contribution is 0.590. The number of para-hydroxylation sites is 1. The van der Waals surface area contributed by atoms with E-state index >= 15 is 0 Å². The first kappa shape index (κ1) is 11.3. The molecule has 3 aromatic rings. The summed E-state index contributed by atoms with van der Waals surface area (Å²) in [5.74, 6) is -1.31. The average Bonchev–Trinajstić information content (AvgIpc) is 2.81. The summed E-state index contributed by atoms with van der Waals surface area (Å²) in [6.07, 6.45) is 1.44. The van der Waals surface area contributed by atoms with Crippen LogP contribution in [0.15, 0.2) is 24.4 Å². The zero-order valence-electron chi connectivity index (χ0n) is 9.48. The topological polar surface area (TPSA) is 92.5 Å². The van der Waals surface area contributed by atoms with Crippen molar-refractivity contribution in [3.63, 3.8) is 0 Å². The number of H-pyrrole nitrogens is 1. The van der Waals surface area contributed by atoms with E-state index in [1.54, 1.807) is 0 Å². The highest BCUT2D eigenvalue weighted by Crippen LogP contribution is 2.26. The van der Waals surface area contributed by atoms with Crippen LogP contribution >= 0.6 is 0 Å². The molecule has 8 heteroatoms. The molecule has 0 bridgehead atoms. The summed E-state index contributed by atoms with van der Waals surface area (Å²) >= 11 is 0. The number of fused-ring (bicyclic) bond motifs is 1. The van der Waals surface area contributed by atoms with Gasteiger partial charge in [-0.1, -0.05) is 6.07 Å². The standard InChI is InChI=1S/C11H8F2N6/c12-6-2-1-3-7(13)8(6)16-9-5-4-15-19-10(5)18-11(14)17-9/h1-4H,(H4,14,15,16,17,18,19). The lowest BCUT2D eigenvalue weighted by Crippen LogP contribution is -2.03. The van der Waals surface area contributed by atoms with Crippen LogP contribution in [-0.2, 0) is 0 Å². The summed E-state index contributed by atoms with van der Waals surface area (Å²) in [7, 11) is 0. The quantitative estimate of drug-likeness (QED) is 0.656. The van der Waals surface area contributed by atoms with Crippen LogP contribution in [0.25, 0.3) is 11.0 Å². The van der Waals surface area contributed by atoms with Crippen LogP contribution in [0.5, 0.6) is 0 Å². The first-order chi connectivity index (χ1) is 9.15. The Labute approximate surface area is 105 Å². The zero-order chi connectivity index (χ0) is 13.4. The molecule has 0 amide bonds. The van der Waals surface area contributed by atoms with E-state index in [-0.39, 0.29) is 17.5 Å². The molecule has 0 aliphatic heterocycles. The maximum atomic E-state index is 13.6. The van der Waals surface area contributed by atoms with Gasteiger partial charge in [0, 0.05) is 0 Å². The summed E-state index contributed by atoms with van der Waals surface area (Å²) in [5, 5.41) is 9.44. The predicted molar refractivity (Wildman–Crippen MR) is 65.7 cm³/mol. The van der Waals surface area contributed by atoms with Crippen LogP contribution in [0.1, 0.15) is 0 Å². The molecule has 3 rings (SSSR count). The number of nitrogen functional groups attached to an aromatic ring is 1. The van der Waals surface area contributed by atoms with E-state index in [1.807, 2.05) is 0 Å². The number of nitrogens with two attached hydrogens (primary N) is 1. The zero-order valence-corrected chi connectivity index (χ0v) is 9.48. The number of aromatic nitrogens is 4. The summed E-state index contributed by atoms with van der Waals surface area (Å²) in [6, 6.07) is 3.56. The number of anilines is 3. The summed E-state index contributed by atoms with van der Waals surface area (Å²) in [4.78, 5) is 7.82. The third-order valence-corrected chi connectivity index (χ3v) is 2.53. The van der Waals surface area contributed by atoms with Gasteiger partial charge in [-0.25, -0.2) is 8.78 Å². The molecular formula is C11H8F2N6. The van der Waals surface area contributed by atoms with Crippen molar-refractivity contribution in [2.24, 2.45) is 0 Å². The van der Waals surface area contributed by atoms with Crippen molar-refractivity contribution in [1.82, 2.24) is 20.2 Å². The molecule has 0 spiro atoms. The number of nitrogens with one attached hydrogen (secondary N) is 2. The van der Waals surface area contributed by atoms with Crippen LogP contribution in [0, 0.1) is 11.6 Å². The lowest BCUT2D eigenvalue weighted by Gasteiger charge is -2.08. The normalized spacial score (nSPS) is 10.8. The average molecular weight is 262 g/mol. The molecule has 0 aliphatic rings. The number of hydrogen-bond donors (Lipinski definition) is 3. The maximum Gasteiger partial charge on any atom is 0.224 e. The first-order valence-electron chi connectivity index (χ1n) is 5.33. The number of hydrogen-bond acceptors (Lipinski definition) is 5. The van der Waals surface area contributed by atoms with E-state index in [0.717, 1.165) is 12.1 Å². The van der Waals surface area contributed by atoms with Crippen LogP contribution < -0.4 is 11.1 Å². The second kappa shape index (κ2) is 4.16. The minimum Gasteiger partial charge on any atom is -0.368 e. The summed E-state index contributed by atoms with van der Waals surface area (Å²) < 4.78 is 27.1. The Kier molecular flexibility index (Phi) is 2.48. The fourth-order valence-corrected chi connectivity index (χ4v) is 1.68. The molecule has 0 aliphatic carbocycles. The van der Waals surface area contributed by atoms with Crippen LogP contribution in [-0.4, -0.2) is 20.2 Å². The number of halogens is 2.